The fourth-order valence-corrected chi connectivity index (χ4v) is 4.66. The molecule has 10 heteroatoms. The molecule has 0 saturated carbocycles. The summed E-state index contributed by atoms with van der Waals surface area (Å²) in [5.41, 5.74) is 11.8. The molecule has 0 bridgehead atoms. The van der Waals surface area contributed by atoms with Gasteiger partial charge in [0, 0.05) is 63.5 Å². The zero-order valence-electron chi connectivity index (χ0n) is 17.7. The normalized spacial score (nSPS) is 12.4. The van der Waals surface area contributed by atoms with Crippen molar-refractivity contribution in [3.8, 4) is 28.8 Å². The van der Waals surface area contributed by atoms with E-state index in [0.29, 0.717) is 42.0 Å². The van der Waals surface area contributed by atoms with E-state index >= 15 is 0 Å². The molecule has 0 amide bonds. The number of hydrogen-bond donors (Lipinski definition) is 2. The molecule has 4 aromatic rings. The van der Waals surface area contributed by atoms with Crippen LogP contribution in [0.1, 0.15) is 16.8 Å². The number of methoxy groups -OCH3 is 1. The monoisotopic (exact) mass is 443 g/mol. The smallest absolute Gasteiger partial charge is 0.212 e. The van der Waals surface area contributed by atoms with Gasteiger partial charge in [0.15, 0.2) is 11.3 Å². The summed E-state index contributed by atoms with van der Waals surface area (Å²) in [6.45, 7) is 1.14. The number of ether oxygens (including phenoxy) is 2. The van der Waals surface area contributed by atoms with Crippen LogP contribution in [0.2, 0.25) is 0 Å². The van der Waals surface area contributed by atoms with Gasteiger partial charge in [-0.25, -0.2) is 15.0 Å². The third-order valence-corrected chi connectivity index (χ3v) is 6.48. The number of anilines is 2. The maximum Gasteiger partial charge on any atom is 0.212 e. The van der Waals surface area contributed by atoms with Crippen LogP contribution in [0.5, 0.6) is 11.6 Å². The van der Waals surface area contributed by atoms with Gasteiger partial charge in [0.2, 0.25) is 11.8 Å². The van der Waals surface area contributed by atoms with Gasteiger partial charge in [0.05, 0.1) is 19.9 Å². The Labute approximate surface area is 187 Å². The van der Waals surface area contributed by atoms with E-state index in [0.717, 1.165) is 49.9 Å². The summed E-state index contributed by atoms with van der Waals surface area (Å²) in [5, 5.41) is 13.9. The number of rotatable bonds is 5. The van der Waals surface area contributed by atoms with Crippen LogP contribution >= 0.6 is 0 Å². The fraction of sp³-hybridized carbons (Fsp3) is 0.182. The molecule has 1 aliphatic heterocycles. The Morgan fingerprint density at radius 3 is 2.94 bits per heavy atom. The maximum absolute atomic E-state index is 9.44. The van der Waals surface area contributed by atoms with Crippen LogP contribution in [0.25, 0.3) is 16.8 Å². The van der Waals surface area contributed by atoms with Gasteiger partial charge in [-0.2, -0.15) is 5.26 Å². The van der Waals surface area contributed by atoms with Gasteiger partial charge in [-0.3, -0.25) is 4.40 Å². The van der Waals surface area contributed by atoms with E-state index in [2.05, 4.69) is 26.3 Å². The van der Waals surface area contributed by atoms with Crippen molar-refractivity contribution in [3.05, 3.63) is 53.6 Å². The average Bonchev–Trinajstić information content (AvgIpc) is 3.46. The van der Waals surface area contributed by atoms with Crippen molar-refractivity contribution in [2.75, 3.05) is 24.8 Å². The Bertz CT molecular complexity index is 1390. The highest BCUT2D eigenvalue weighted by molar-refractivity contribution is 6.36. The molecule has 0 fully saturated rings. The van der Waals surface area contributed by atoms with Crippen LogP contribution in [-0.2, 0) is 13.0 Å². The van der Waals surface area contributed by atoms with Crippen LogP contribution in [0.3, 0.4) is 0 Å². The van der Waals surface area contributed by atoms with Crippen LogP contribution < -0.4 is 25.7 Å². The van der Waals surface area contributed by atoms with Gasteiger partial charge in [-0.15, -0.1) is 0 Å². The second kappa shape index (κ2) is 7.86. The predicted molar refractivity (Wildman–Crippen MR) is 124 cm³/mol. The molecule has 9 nitrogen and oxygen atoms in total. The van der Waals surface area contributed by atoms with Gasteiger partial charge in [-0.05, 0) is 18.2 Å². The summed E-state index contributed by atoms with van der Waals surface area (Å²) in [4.78, 5) is 13.5. The third-order valence-electron chi connectivity index (χ3n) is 5.65. The maximum atomic E-state index is 9.44. The molecule has 0 unspecified atom stereocenters. The molecule has 0 radical (unpaired) electrons. The third kappa shape index (κ3) is 3.29. The van der Waals surface area contributed by atoms with Crippen molar-refractivity contribution in [2.24, 2.45) is 0 Å². The number of nitriles is 1. The number of nitrogens with two attached hydrogens (primary N) is 1. The van der Waals surface area contributed by atoms with E-state index in [9.17, 15) is 5.26 Å². The SMILES string of the molecule is COc1cc([SiH3])c(-c2cnc(NCc3c(N)ccc4c3CCO4)n3cc(C#N)nc23)cn1. The molecule has 0 saturated heterocycles. The summed E-state index contributed by atoms with van der Waals surface area (Å²) >= 11 is 0. The molecule has 1 aromatic carbocycles. The minimum absolute atomic E-state index is 0.312. The molecule has 0 atom stereocenters. The predicted octanol–water partition coefficient (Wildman–Crippen LogP) is 0.791. The molecule has 4 heterocycles. The van der Waals surface area contributed by atoms with E-state index in [1.807, 2.05) is 18.2 Å². The Morgan fingerprint density at radius 1 is 1.31 bits per heavy atom. The molecule has 1 aliphatic rings. The second-order valence-corrected chi connectivity index (χ2v) is 8.61. The zero-order chi connectivity index (χ0) is 22.2. The van der Waals surface area contributed by atoms with Crippen molar-refractivity contribution in [1.82, 2.24) is 19.4 Å². The lowest BCUT2D eigenvalue weighted by Gasteiger charge is -2.14. The molecule has 0 aliphatic carbocycles. The summed E-state index contributed by atoms with van der Waals surface area (Å²) in [7, 11) is 2.39. The fourth-order valence-electron chi connectivity index (χ4n) is 4.01. The molecule has 3 aromatic heterocycles. The highest BCUT2D eigenvalue weighted by Gasteiger charge is 2.19. The number of nitrogen functional groups attached to an aromatic ring is 1. The lowest BCUT2D eigenvalue weighted by Crippen LogP contribution is -2.12. The standard InChI is InChI=1S/C22H21N7O2Si/c1-30-20-6-19(32)15(9-25-20)16-10-27-22(29-11-12(7-23)28-21(16)29)26-8-14-13-4-5-31-18(13)3-2-17(14)24/h2-3,6,9-11H,4-5,8,24H2,1,32H3,(H,26,27). The number of aromatic nitrogens is 4. The van der Waals surface area contributed by atoms with Crippen LogP contribution in [-0.4, -0.2) is 43.3 Å². The molecule has 5 rings (SSSR count). The first-order chi connectivity index (χ1) is 15.6. The van der Waals surface area contributed by atoms with Crippen molar-refractivity contribution in [3.63, 3.8) is 0 Å². The van der Waals surface area contributed by atoms with E-state index < -0.39 is 0 Å². The Hall–Kier alpha value is -4.10. The van der Waals surface area contributed by atoms with Gasteiger partial charge >= 0.3 is 0 Å². The summed E-state index contributed by atoms with van der Waals surface area (Å²) in [6, 6.07) is 7.81. The second-order valence-electron chi connectivity index (χ2n) is 7.53. The molecule has 3 N–H and O–H groups in total. The van der Waals surface area contributed by atoms with E-state index in [1.165, 1.54) is 0 Å². The number of fused-ring (bicyclic) bond motifs is 2. The molecular weight excluding hydrogens is 422 g/mol. The molecule has 160 valence electrons. The minimum atomic E-state index is 0.312. The number of benzene rings is 1. The topological polar surface area (TPSA) is 123 Å². The van der Waals surface area contributed by atoms with E-state index in [1.54, 1.807) is 30.1 Å². The highest BCUT2D eigenvalue weighted by Crippen LogP contribution is 2.33. The first-order valence-corrected chi connectivity index (χ1v) is 11.1. The van der Waals surface area contributed by atoms with E-state index in [-0.39, 0.29) is 0 Å². The quantitative estimate of drug-likeness (QED) is 0.343. The lowest BCUT2D eigenvalue weighted by atomic mass is 10.0. The van der Waals surface area contributed by atoms with Gasteiger partial charge in [0.1, 0.15) is 11.8 Å². The Morgan fingerprint density at radius 2 is 2.16 bits per heavy atom. The molecular formula is C22H21N7O2Si. The minimum Gasteiger partial charge on any atom is -0.493 e. The van der Waals surface area contributed by atoms with Gasteiger partial charge < -0.3 is 20.5 Å². The van der Waals surface area contributed by atoms with Crippen molar-refractivity contribution >= 4 is 32.7 Å². The Balaban J connectivity index is 1.55. The summed E-state index contributed by atoms with van der Waals surface area (Å²) in [5.74, 6) is 2.02. The lowest BCUT2D eigenvalue weighted by molar-refractivity contribution is 0.357. The number of pyridine rings is 1. The van der Waals surface area contributed by atoms with E-state index in [4.69, 9.17) is 15.2 Å². The molecule has 32 heavy (non-hydrogen) atoms. The average molecular weight is 444 g/mol. The van der Waals surface area contributed by atoms with Crippen molar-refractivity contribution in [1.29, 1.82) is 5.26 Å². The largest absolute Gasteiger partial charge is 0.493 e. The number of nitrogens with zero attached hydrogens (tertiary/aromatic N) is 5. The molecule has 0 spiro atoms. The summed E-state index contributed by atoms with van der Waals surface area (Å²) in [6.07, 6.45) is 6.04. The van der Waals surface area contributed by atoms with Crippen molar-refractivity contribution in [2.45, 2.75) is 13.0 Å². The van der Waals surface area contributed by atoms with Crippen LogP contribution in [0.15, 0.2) is 36.8 Å². The zero-order valence-corrected chi connectivity index (χ0v) is 19.7. The first kappa shape index (κ1) is 19.8. The van der Waals surface area contributed by atoms with Gasteiger partial charge in [0.25, 0.3) is 0 Å². The summed E-state index contributed by atoms with van der Waals surface area (Å²) < 4.78 is 12.7. The van der Waals surface area contributed by atoms with Gasteiger partial charge in [-0.1, -0.05) is 5.19 Å². The van der Waals surface area contributed by atoms with Crippen molar-refractivity contribution < 1.29 is 9.47 Å². The number of hydrogen-bond acceptors (Lipinski definition) is 8. The Kier molecular flexibility index (Phi) is 4.87. The first-order valence-electron chi connectivity index (χ1n) is 10.1. The van der Waals surface area contributed by atoms with Crippen LogP contribution in [0.4, 0.5) is 11.6 Å². The number of imidazole rings is 1. The van der Waals surface area contributed by atoms with Crippen LogP contribution in [0, 0.1) is 11.3 Å². The highest BCUT2D eigenvalue weighted by atomic mass is 28.1. The number of nitrogens with one attached hydrogen (secondary N) is 1.